The summed E-state index contributed by atoms with van der Waals surface area (Å²) in [4.78, 5) is 1.57. The zero-order valence-electron chi connectivity index (χ0n) is 9.03. The summed E-state index contributed by atoms with van der Waals surface area (Å²) in [5, 5.41) is 4.27. The number of rotatable bonds is 2. The molecular formula is C9H18N2OSi. The number of nitrogens with zero attached hydrogens (tertiary/aromatic N) is 2. The summed E-state index contributed by atoms with van der Waals surface area (Å²) in [6, 6.07) is 1.87. The molecule has 4 heteroatoms. The van der Waals surface area contributed by atoms with Crippen LogP contribution in [-0.4, -0.2) is 18.3 Å². The van der Waals surface area contributed by atoms with Crippen molar-refractivity contribution in [1.82, 2.24) is 9.94 Å². The van der Waals surface area contributed by atoms with Gasteiger partial charge in [0, 0.05) is 0 Å². The Balaban J connectivity index is 2.73. The van der Waals surface area contributed by atoms with Crippen LogP contribution in [0, 0.1) is 0 Å². The molecule has 0 aliphatic carbocycles. The second-order valence-corrected chi connectivity index (χ2v) is 9.46. The van der Waals surface area contributed by atoms with Gasteiger partial charge in [-0.25, -0.2) is 0 Å². The molecule has 0 amide bonds. The molecule has 0 spiro atoms. The first-order valence-electron chi connectivity index (χ1n) is 4.52. The van der Waals surface area contributed by atoms with Crippen molar-refractivity contribution in [2.24, 2.45) is 0 Å². The predicted octanol–water partition coefficient (Wildman–Crippen LogP) is 2.32. The van der Waals surface area contributed by atoms with E-state index in [9.17, 15) is 0 Å². The van der Waals surface area contributed by atoms with Crippen LogP contribution in [0.25, 0.3) is 0 Å². The van der Waals surface area contributed by atoms with E-state index in [4.69, 9.17) is 4.53 Å². The van der Waals surface area contributed by atoms with Crippen LogP contribution in [0.3, 0.4) is 0 Å². The van der Waals surface area contributed by atoms with Crippen LogP contribution in [0.1, 0.15) is 20.8 Å². The molecule has 0 aliphatic rings. The Hall–Kier alpha value is -0.773. The van der Waals surface area contributed by atoms with Crippen molar-refractivity contribution in [2.75, 3.05) is 0 Å². The van der Waals surface area contributed by atoms with Crippen molar-refractivity contribution < 1.29 is 4.53 Å². The first-order chi connectivity index (χ1) is 5.83. The third kappa shape index (κ3) is 2.34. The van der Waals surface area contributed by atoms with Crippen molar-refractivity contribution in [3.63, 3.8) is 0 Å². The first kappa shape index (κ1) is 10.3. The highest BCUT2D eigenvalue weighted by Crippen LogP contribution is 2.34. The average molecular weight is 198 g/mol. The van der Waals surface area contributed by atoms with Gasteiger partial charge in [0.05, 0.1) is 12.4 Å². The largest absolute Gasteiger partial charge is 0.456 e. The minimum Gasteiger partial charge on any atom is -0.456 e. The number of hydrogen-bond acceptors (Lipinski definition) is 2. The summed E-state index contributed by atoms with van der Waals surface area (Å²) >= 11 is 0. The lowest BCUT2D eigenvalue weighted by Crippen LogP contribution is -2.48. The lowest BCUT2D eigenvalue weighted by Gasteiger charge is -2.34. The Morgan fingerprint density at radius 1 is 1.31 bits per heavy atom. The Kier molecular flexibility index (Phi) is 2.52. The molecule has 0 aliphatic heterocycles. The minimum atomic E-state index is -1.71. The monoisotopic (exact) mass is 198 g/mol. The van der Waals surface area contributed by atoms with Crippen LogP contribution >= 0.6 is 0 Å². The molecule has 0 aromatic carbocycles. The Bertz CT molecular complexity index is 262. The Morgan fingerprint density at radius 3 is 2.31 bits per heavy atom. The van der Waals surface area contributed by atoms with Gasteiger partial charge in [-0.1, -0.05) is 20.8 Å². The van der Waals surface area contributed by atoms with E-state index in [0.717, 1.165) is 0 Å². The lowest BCUT2D eigenvalue weighted by atomic mass is 10.2. The van der Waals surface area contributed by atoms with Gasteiger partial charge >= 0.3 is 0 Å². The van der Waals surface area contributed by atoms with Gasteiger partial charge in [0.15, 0.2) is 0 Å². The van der Waals surface area contributed by atoms with E-state index in [2.05, 4.69) is 39.0 Å². The van der Waals surface area contributed by atoms with Gasteiger partial charge in [-0.3, -0.25) is 0 Å². The molecule has 1 aromatic heterocycles. The summed E-state index contributed by atoms with van der Waals surface area (Å²) in [5.41, 5.74) is 0. The molecule has 0 saturated carbocycles. The van der Waals surface area contributed by atoms with Crippen molar-refractivity contribution >= 4 is 8.32 Å². The quantitative estimate of drug-likeness (QED) is 0.682. The topological polar surface area (TPSA) is 27.1 Å². The highest BCUT2D eigenvalue weighted by atomic mass is 28.4. The van der Waals surface area contributed by atoms with Crippen LogP contribution in [-0.2, 0) is 0 Å². The van der Waals surface area contributed by atoms with Crippen LogP contribution in [0.4, 0.5) is 0 Å². The van der Waals surface area contributed by atoms with Gasteiger partial charge in [-0.15, -0.1) is 9.94 Å². The van der Waals surface area contributed by atoms with Gasteiger partial charge < -0.3 is 4.53 Å². The van der Waals surface area contributed by atoms with E-state index in [1.807, 2.05) is 12.3 Å². The summed E-state index contributed by atoms with van der Waals surface area (Å²) < 4.78 is 5.85. The van der Waals surface area contributed by atoms with Crippen LogP contribution < -0.4 is 4.53 Å². The maximum atomic E-state index is 5.85. The zero-order valence-corrected chi connectivity index (χ0v) is 10.0. The Morgan fingerprint density at radius 2 is 1.92 bits per heavy atom. The molecule has 0 N–H and O–H groups in total. The van der Waals surface area contributed by atoms with Crippen LogP contribution in [0.15, 0.2) is 18.5 Å². The second-order valence-electron chi connectivity index (χ2n) is 4.76. The molecule has 3 nitrogen and oxygen atoms in total. The summed E-state index contributed by atoms with van der Waals surface area (Å²) in [6.07, 6.45) is 3.56. The van der Waals surface area contributed by atoms with Crippen LogP contribution in [0.5, 0.6) is 0 Å². The highest BCUT2D eigenvalue weighted by molar-refractivity contribution is 6.74. The zero-order chi connectivity index (χ0) is 10.1. The third-order valence-corrected chi connectivity index (χ3v) is 6.86. The van der Waals surface area contributed by atoms with E-state index in [1.54, 1.807) is 11.0 Å². The van der Waals surface area contributed by atoms with E-state index >= 15 is 0 Å². The molecule has 1 rings (SSSR count). The molecule has 0 radical (unpaired) electrons. The molecule has 0 bridgehead atoms. The molecule has 1 heterocycles. The Labute approximate surface area is 80.8 Å². The van der Waals surface area contributed by atoms with Gasteiger partial charge in [0.25, 0.3) is 8.32 Å². The molecule has 0 fully saturated rings. The molecule has 74 valence electrons. The summed E-state index contributed by atoms with van der Waals surface area (Å²) in [6.45, 7) is 11.0. The lowest BCUT2D eigenvalue weighted by molar-refractivity contribution is 0.211. The van der Waals surface area contributed by atoms with Crippen molar-refractivity contribution in [2.45, 2.75) is 38.9 Å². The fourth-order valence-electron chi connectivity index (χ4n) is 0.680. The highest BCUT2D eigenvalue weighted by Gasteiger charge is 2.40. The van der Waals surface area contributed by atoms with E-state index in [-0.39, 0.29) is 5.04 Å². The van der Waals surface area contributed by atoms with Crippen molar-refractivity contribution in [3.05, 3.63) is 18.5 Å². The molecule has 13 heavy (non-hydrogen) atoms. The smallest absolute Gasteiger partial charge is 0.286 e. The normalized spacial score (nSPS) is 13.0. The third-order valence-electron chi connectivity index (χ3n) is 2.61. The molecule has 1 aromatic rings. The fraction of sp³-hybridized carbons (Fsp3) is 0.667. The molecular weight excluding hydrogens is 180 g/mol. The fourth-order valence-corrected chi connectivity index (χ4v) is 1.53. The predicted molar refractivity (Wildman–Crippen MR) is 56.0 cm³/mol. The van der Waals surface area contributed by atoms with Crippen molar-refractivity contribution in [3.8, 4) is 0 Å². The van der Waals surface area contributed by atoms with Gasteiger partial charge in [0.2, 0.25) is 0 Å². The van der Waals surface area contributed by atoms with Gasteiger partial charge in [-0.05, 0) is 24.2 Å². The average Bonchev–Trinajstić information content (AvgIpc) is 2.35. The molecule has 0 saturated heterocycles. The number of aromatic nitrogens is 2. The maximum Gasteiger partial charge on any atom is 0.286 e. The molecule has 0 unspecified atom stereocenters. The van der Waals surface area contributed by atoms with E-state index in [0.29, 0.717) is 0 Å². The first-order valence-corrected chi connectivity index (χ1v) is 7.43. The maximum absolute atomic E-state index is 5.85. The minimum absolute atomic E-state index is 0.221. The van der Waals surface area contributed by atoms with Crippen molar-refractivity contribution in [1.29, 1.82) is 0 Å². The van der Waals surface area contributed by atoms with E-state index in [1.165, 1.54) is 0 Å². The second kappa shape index (κ2) is 3.18. The summed E-state index contributed by atoms with van der Waals surface area (Å²) in [5.74, 6) is 0. The van der Waals surface area contributed by atoms with Gasteiger partial charge in [-0.2, -0.15) is 0 Å². The SMILES string of the molecule is CC(C)(C)[Si](C)(C)On1cccn1. The van der Waals surface area contributed by atoms with Gasteiger partial charge in [0.1, 0.15) is 0 Å². The summed E-state index contributed by atoms with van der Waals surface area (Å²) in [7, 11) is -1.71. The number of hydrogen-bond donors (Lipinski definition) is 0. The molecule has 0 atom stereocenters. The van der Waals surface area contributed by atoms with Crippen LogP contribution in [0.2, 0.25) is 18.1 Å². The van der Waals surface area contributed by atoms with E-state index < -0.39 is 8.32 Å². The standard InChI is InChI=1S/C9H18N2OSi/c1-9(2,3)13(4,5)12-11-8-6-7-10-11/h6-8H,1-5H3.